The largest absolute Gasteiger partial charge is 0.452 e. The number of aryl methyl sites for hydroxylation is 2. The van der Waals surface area contributed by atoms with Crippen LogP contribution in [0.4, 0.5) is 0 Å². The Morgan fingerprint density at radius 2 is 1.82 bits per heavy atom. The van der Waals surface area contributed by atoms with Crippen molar-refractivity contribution in [2.24, 2.45) is 0 Å². The first kappa shape index (κ1) is 16.5. The van der Waals surface area contributed by atoms with Crippen LogP contribution < -0.4 is 0 Å². The van der Waals surface area contributed by atoms with Gasteiger partial charge in [-0.15, -0.1) is 0 Å². The van der Waals surface area contributed by atoms with E-state index in [-0.39, 0.29) is 24.6 Å². The topological polar surface area (TPSA) is 46.6 Å². The molecule has 0 aromatic heterocycles. The number of ether oxygens (including phenoxy) is 1. The van der Waals surface area contributed by atoms with E-state index >= 15 is 0 Å². The van der Waals surface area contributed by atoms with Crippen molar-refractivity contribution in [1.29, 1.82) is 0 Å². The number of likely N-dealkylation sites (tertiary alicyclic amines) is 1. The second-order valence-corrected chi connectivity index (χ2v) is 6.32. The Kier molecular flexibility index (Phi) is 5.22. The molecule has 0 aliphatic carbocycles. The number of carbonyl (C=O) groups excluding carboxylic acids is 2. The molecule has 4 nitrogen and oxygen atoms in total. The molecule has 1 saturated heterocycles. The van der Waals surface area contributed by atoms with E-state index in [9.17, 15) is 9.59 Å². The van der Waals surface area contributed by atoms with E-state index in [0.29, 0.717) is 5.56 Å². The molecule has 1 fully saturated rings. The van der Waals surface area contributed by atoms with Gasteiger partial charge in [0.05, 0.1) is 5.56 Å². The van der Waals surface area contributed by atoms with E-state index in [1.54, 1.807) is 6.07 Å². The van der Waals surface area contributed by atoms with Gasteiger partial charge in [0.1, 0.15) is 0 Å². The van der Waals surface area contributed by atoms with Crippen molar-refractivity contribution in [1.82, 2.24) is 4.90 Å². The lowest BCUT2D eigenvalue weighted by molar-refractivity contribution is -0.140. The van der Waals surface area contributed by atoms with Crippen molar-refractivity contribution in [3.05, 3.63) is 34.9 Å². The fraction of sp³-hybridized carbons (Fsp3) is 0.556. The molecule has 1 amide bonds. The Morgan fingerprint density at radius 3 is 2.45 bits per heavy atom. The van der Waals surface area contributed by atoms with Crippen LogP contribution in [0, 0.1) is 13.8 Å². The first-order valence-corrected chi connectivity index (χ1v) is 7.95. The summed E-state index contributed by atoms with van der Waals surface area (Å²) < 4.78 is 5.25. The number of hydrogen-bond acceptors (Lipinski definition) is 3. The molecule has 22 heavy (non-hydrogen) atoms. The van der Waals surface area contributed by atoms with E-state index in [2.05, 4.69) is 13.8 Å². The third kappa shape index (κ3) is 3.67. The monoisotopic (exact) mass is 303 g/mol. The van der Waals surface area contributed by atoms with Crippen molar-refractivity contribution >= 4 is 11.9 Å². The number of hydrogen-bond donors (Lipinski definition) is 0. The first-order valence-electron chi connectivity index (χ1n) is 7.95. The molecule has 2 atom stereocenters. The van der Waals surface area contributed by atoms with Crippen molar-refractivity contribution < 1.29 is 14.3 Å². The van der Waals surface area contributed by atoms with Gasteiger partial charge in [0.15, 0.2) is 6.61 Å². The van der Waals surface area contributed by atoms with Crippen LogP contribution in [0.25, 0.3) is 0 Å². The Hall–Kier alpha value is -1.84. The van der Waals surface area contributed by atoms with Gasteiger partial charge in [-0.3, -0.25) is 4.79 Å². The summed E-state index contributed by atoms with van der Waals surface area (Å²) in [6, 6.07) is 6.08. The van der Waals surface area contributed by atoms with Gasteiger partial charge in [0, 0.05) is 12.1 Å². The quantitative estimate of drug-likeness (QED) is 0.805. The Bertz CT molecular complexity index is 557. The minimum atomic E-state index is -0.424. The molecule has 2 unspecified atom stereocenters. The van der Waals surface area contributed by atoms with Gasteiger partial charge >= 0.3 is 5.97 Å². The molecular weight excluding hydrogens is 278 g/mol. The maximum atomic E-state index is 12.4. The minimum Gasteiger partial charge on any atom is -0.452 e. The van der Waals surface area contributed by atoms with Gasteiger partial charge in [-0.2, -0.15) is 0 Å². The molecular formula is C18H25NO3. The van der Waals surface area contributed by atoms with E-state index in [1.807, 2.05) is 30.9 Å². The fourth-order valence-corrected chi connectivity index (χ4v) is 3.15. The Labute approximate surface area is 132 Å². The lowest BCUT2D eigenvalue weighted by Gasteiger charge is -2.38. The van der Waals surface area contributed by atoms with Crippen LogP contribution in [0.2, 0.25) is 0 Å². The molecule has 0 N–H and O–H groups in total. The summed E-state index contributed by atoms with van der Waals surface area (Å²) in [5, 5.41) is 0. The van der Waals surface area contributed by atoms with E-state index in [4.69, 9.17) is 4.74 Å². The first-order chi connectivity index (χ1) is 10.4. The molecule has 0 spiro atoms. The van der Waals surface area contributed by atoms with Crippen LogP contribution in [0.15, 0.2) is 18.2 Å². The number of amides is 1. The normalized spacial score (nSPS) is 21.5. The third-order valence-corrected chi connectivity index (χ3v) is 4.42. The van der Waals surface area contributed by atoms with Gasteiger partial charge in [0.25, 0.3) is 5.91 Å². The summed E-state index contributed by atoms with van der Waals surface area (Å²) >= 11 is 0. The van der Waals surface area contributed by atoms with Gasteiger partial charge in [-0.25, -0.2) is 4.79 Å². The number of esters is 1. The standard InChI is InChI=1S/C18H25NO3/c1-12-8-9-13(2)16(10-12)18(21)22-11-17(20)19-14(3)6-5-7-15(19)4/h8-10,14-15H,5-7,11H2,1-4H3. The average Bonchev–Trinajstić information content (AvgIpc) is 2.47. The molecule has 120 valence electrons. The van der Waals surface area contributed by atoms with Crippen LogP contribution in [0.5, 0.6) is 0 Å². The molecule has 1 aliphatic heterocycles. The SMILES string of the molecule is Cc1ccc(C)c(C(=O)OCC(=O)N2C(C)CCCC2C)c1. The maximum absolute atomic E-state index is 12.4. The fourth-order valence-electron chi connectivity index (χ4n) is 3.15. The van der Waals surface area contributed by atoms with Crippen LogP contribution >= 0.6 is 0 Å². The Balaban J connectivity index is 1.98. The van der Waals surface area contributed by atoms with Crippen molar-refractivity contribution in [3.8, 4) is 0 Å². The highest BCUT2D eigenvalue weighted by molar-refractivity contribution is 5.93. The highest BCUT2D eigenvalue weighted by Gasteiger charge is 2.29. The third-order valence-electron chi connectivity index (χ3n) is 4.42. The van der Waals surface area contributed by atoms with Crippen LogP contribution in [0.3, 0.4) is 0 Å². The number of nitrogens with zero attached hydrogens (tertiary/aromatic N) is 1. The average molecular weight is 303 g/mol. The lowest BCUT2D eigenvalue weighted by atomic mass is 9.97. The van der Waals surface area contributed by atoms with Crippen molar-refractivity contribution in [3.63, 3.8) is 0 Å². The Morgan fingerprint density at radius 1 is 1.18 bits per heavy atom. The summed E-state index contributed by atoms with van der Waals surface area (Å²) in [5.74, 6) is -0.523. The number of rotatable bonds is 3. The highest BCUT2D eigenvalue weighted by Crippen LogP contribution is 2.22. The van der Waals surface area contributed by atoms with Crippen LogP contribution in [0.1, 0.15) is 54.6 Å². The predicted molar refractivity (Wildman–Crippen MR) is 85.8 cm³/mol. The van der Waals surface area contributed by atoms with E-state index < -0.39 is 5.97 Å². The van der Waals surface area contributed by atoms with Crippen LogP contribution in [-0.2, 0) is 9.53 Å². The summed E-state index contributed by atoms with van der Waals surface area (Å²) in [5.41, 5.74) is 2.40. The molecule has 1 aromatic carbocycles. The lowest BCUT2D eigenvalue weighted by Crippen LogP contribution is -2.49. The number of benzene rings is 1. The zero-order chi connectivity index (χ0) is 16.3. The molecule has 0 bridgehead atoms. The van der Waals surface area contributed by atoms with Gasteiger partial charge in [-0.05, 0) is 58.6 Å². The second kappa shape index (κ2) is 6.95. The van der Waals surface area contributed by atoms with Crippen LogP contribution in [-0.4, -0.2) is 35.5 Å². The molecule has 4 heteroatoms. The summed E-state index contributed by atoms with van der Waals surface area (Å²) in [4.78, 5) is 26.4. The van der Waals surface area contributed by atoms with E-state index in [0.717, 1.165) is 30.4 Å². The molecule has 1 aliphatic rings. The van der Waals surface area contributed by atoms with Crippen molar-refractivity contribution in [2.45, 2.75) is 59.0 Å². The maximum Gasteiger partial charge on any atom is 0.338 e. The predicted octanol–water partition coefficient (Wildman–Crippen LogP) is 3.25. The molecule has 2 rings (SSSR count). The molecule has 1 heterocycles. The second-order valence-electron chi connectivity index (χ2n) is 6.32. The minimum absolute atomic E-state index is 0.0987. The van der Waals surface area contributed by atoms with Crippen molar-refractivity contribution in [2.75, 3.05) is 6.61 Å². The number of piperidine rings is 1. The molecule has 1 aromatic rings. The van der Waals surface area contributed by atoms with Gasteiger partial charge < -0.3 is 9.64 Å². The summed E-state index contributed by atoms with van der Waals surface area (Å²) in [6.07, 6.45) is 3.18. The number of carbonyl (C=O) groups is 2. The van der Waals surface area contributed by atoms with E-state index in [1.165, 1.54) is 0 Å². The smallest absolute Gasteiger partial charge is 0.338 e. The molecule has 0 saturated carbocycles. The highest BCUT2D eigenvalue weighted by atomic mass is 16.5. The van der Waals surface area contributed by atoms with Gasteiger partial charge in [-0.1, -0.05) is 17.7 Å². The molecule has 0 radical (unpaired) electrons. The zero-order valence-corrected chi connectivity index (χ0v) is 13.9. The van der Waals surface area contributed by atoms with Gasteiger partial charge in [0.2, 0.25) is 0 Å². The summed E-state index contributed by atoms with van der Waals surface area (Å²) in [7, 11) is 0. The zero-order valence-electron chi connectivity index (χ0n) is 13.9. The summed E-state index contributed by atoms with van der Waals surface area (Å²) in [6.45, 7) is 7.73.